The van der Waals surface area contributed by atoms with Gasteiger partial charge in [0.05, 0.1) is 11.8 Å². The second-order valence-electron chi connectivity index (χ2n) is 3.92. The van der Waals surface area contributed by atoms with Crippen LogP contribution in [0, 0.1) is 0 Å². The SMILES string of the molecule is CN(C)C(=O)CCn1cnc2ccsc2c1=O. The fraction of sp³-hybridized carbons (Fsp3) is 0.364. The van der Waals surface area contributed by atoms with Gasteiger partial charge in [0.2, 0.25) is 5.91 Å². The van der Waals surface area contributed by atoms with E-state index in [2.05, 4.69) is 4.98 Å². The summed E-state index contributed by atoms with van der Waals surface area (Å²) >= 11 is 1.38. The van der Waals surface area contributed by atoms with Crippen LogP contribution < -0.4 is 5.56 Å². The van der Waals surface area contributed by atoms with Gasteiger partial charge in [0.15, 0.2) is 0 Å². The molecule has 0 N–H and O–H groups in total. The summed E-state index contributed by atoms with van der Waals surface area (Å²) < 4.78 is 2.13. The predicted octanol–water partition coefficient (Wildman–Crippen LogP) is 0.936. The van der Waals surface area contributed by atoms with Crippen LogP contribution in [0.4, 0.5) is 0 Å². The molecule has 0 aliphatic heterocycles. The Bertz CT molecular complexity index is 600. The van der Waals surface area contributed by atoms with Gasteiger partial charge in [-0.3, -0.25) is 14.2 Å². The number of aryl methyl sites for hydroxylation is 1. The molecule has 0 fully saturated rings. The van der Waals surface area contributed by atoms with Crippen LogP contribution >= 0.6 is 11.3 Å². The lowest BCUT2D eigenvalue weighted by Crippen LogP contribution is -2.26. The molecule has 2 aromatic heterocycles. The van der Waals surface area contributed by atoms with Crippen molar-refractivity contribution < 1.29 is 4.79 Å². The predicted molar refractivity (Wildman–Crippen MR) is 67.2 cm³/mol. The molecule has 0 spiro atoms. The van der Waals surface area contributed by atoms with Crippen LogP contribution in [0.15, 0.2) is 22.6 Å². The van der Waals surface area contributed by atoms with E-state index in [-0.39, 0.29) is 11.5 Å². The van der Waals surface area contributed by atoms with Gasteiger partial charge < -0.3 is 4.90 Å². The highest BCUT2D eigenvalue weighted by molar-refractivity contribution is 7.17. The molecule has 0 aliphatic carbocycles. The second kappa shape index (κ2) is 4.67. The minimum absolute atomic E-state index is 0.00294. The van der Waals surface area contributed by atoms with Crippen molar-refractivity contribution in [3.8, 4) is 0 Å². The standard InChI is InChI=1S/C11H13N3O2S/c1-13(2)9(15)3-5-14-7-12-8-4-6-17-10(8)11(14)16/h4,6-7H,3,5H2,1-2H3. The average molecular weight is 251 g/mol. The summed E-state index contributed by atoms with van der Waals surface area (Å²) in [5.74, 6) is 0.00294. The second-order valence-corrected chi connectivity index (χ2v) is 4.83. The number of thiophene rings is 1. The molecule has 0 saturated carbocycles. The Hall–Kier alpha value is -1.69. The van der Waals surface area contributed by atoms with E-state index in [1.54, 1.807) is 14.1 Å². The van der Waals surface area contributed by atoms with Crippen LogP contribution in [-0.4, -0.2) is 34.5 Å². The molecule has 0 saturated heterocycles. The van der Waals surface area contributed by atoms with Gasteiger partial charge in [-0.1, -0.05) is 0 Å². The van der Waals surface area contributed by atoms with Gasteiger partial charge in [0.25, 0.3) is 5.56 Å². The normalized spacial score (nSPS) is 10.7. The molecule has 90 valence electrons. The molecule has 6 heteroatoms. The van der Waals surface area contributed by atoms with Crippen LogP contribution in [-0.2, 0) is 11.3 Å². The zero-order valence-electron chi connectivity index (χ0n) is 9.71. The first kappa shape index (κ1) is 11.8. The summed E-state index contributed by atoms with van der Waals surface area (Å²) in [4.78, 5) is 29.1. The molecule has 1 amide bonds. The van der Waals surface area contributed by atoms with Gasteiger partial charge in [-0.2, -0.15) is 0 Å². The minimum atomic E-state index is -0.0726. The Labute approximate surface area is 102 Å². The lowest BCUT2D eigenvalue weighted by molar-refractivity contribution is -0.128. The Morgan fingerprint density at radius 1 is 1.53 bits per heavy atom. The molecule has 0 bridgehead atoms. The maximum absolute atomic E-state index is 12.0. The van der Waals surface area contributed by atoms with Crippen LogP contribution in [0.2, 0.25) is 0 Å². The highest BCUT2D eigenvalue weighted by Crippen LogP contribution is 2.13. The number of rotatable bonds is 3. The smallest absolute Gasteiger partial charge is 0.271 e. The van der Waals surface area contributed by atoms with Crippen LogP contribution in [0.1, 0.15) is 6.42 Å². The summed E-state index contributed by atoms with van der Waals surface area (Å²) in [5.41, 5.74) is 0.645. The lowest BCUT2D eigenvalue weighted by atomic mass is 10.3. The number of carbonyl (C=O) groups excluding carboxylic acids is 1. The first-order chi connectivity index (χ1) is 8.09. The zero-order valence-corrected chi connectivity index (χ0v) is 10.5. The Morgan fingerprint density at radius 2 is 2.29 bits per heavy atom. The highest BCUT2D eigenvalue weighted by atomic mass is 32.1. The third-order valence-electron chi connectivity index (χ3n) is 2.50. The molecular formula is C11H13N3O2S. The third-order valence-corrected chi connectivity index (χ3v) is 3.39. The van der Waals surface area contributed by atoms with Gasteiger partial charge >= 0.3 is 0 Å². The number of hydrogen-bond acceptors (Lipinski definition) is 4. The number of amides is 1. The van der Waals surface area contributed by atoms with E-state index in [0.717, 1.165) is 5.52 Å². The topological polar surface area (TPSA) is 55.2 Å². The van der Waals surface area contributed by atoms with Crippen molar-refractivity contribution in [3.63, 3.8) is 0 Å². The van der Waals surface area contributed by atoms with Crippen molar-refractivity contribution in [3.05, 3.63) is 28.1 Å². The summed E-state index contributed by atoms with van der Waals surface area (Å²) in [6.45, 7) is 0.372. The van der Waals surface area contributed by atoms with Gasteiger partial charge in [0.1, 0.15) is 4.70 Å². The van der Waals surface area contributed by atoms with Crippen molar-refractivity contribution in [2.75, 3.05) is 14.1 Å². The van der Waals surface area contributed by atoms with E-state index in [1.165, 1.54) is 27.1 Å². The molecule has 5 nitrogen and oxygen atoms in total. The number of fused-ring (bicyclic) bond motifs is 1. The van der Waals surface area contributed by atoms with Crippen molar-refractivity contribution in [2.24, 2.45) is 0 Å². The van der Waals surface area contributed by atoms with E-state index in [0.29, 0.717) is 17.7 Å². The largest absolute Gasteiger partial charge is 0.349 e. The molecule has 0 radical (unpaired) electrons. The molecule has 0 unspecified atom stereocenters. The van der Waals surface area contributed by atoms with E-state index in [9.17, 15) is 9.59 Å². The van der Waals surface area contributed by atoms with Gasteiger partial charge in [-0.15, -0.1) is 11.3 Å². The molecule has 2 heterocycles. The Kier molecular flexibility index (Phi) is 3.23. The first-order valence-corrected chi connectivity index (χ1v) is 6.10. The fourth-order valence-corrected chi connectivity index (χ4v) is 2.27. The summed E-state index contributed by atoms with van der Waals surface area (Å²) in [5, 5.41) is 1.84. The molecule has 0 aromatic carbocycles. The van der Waals surface area contributed by atoms with Crippen molar-refractivity contribution in [1.29, 1.82) is 0 Å². The van der Waals surface area contributed by atoms with Crippen LogP contribution in [0.25, 0.3) is 10.2 Å². The summed E-state index contributed by atoms with van der Waals surface area (Å²) in [6.07, 6.45) is 1.81. The summed E-state index contributed by atoms with van der Waals surface area (Å²) in [6, 6.07) is 1.82. The Balaban J connectivity index is 2.22. The minimum Gasteiger partial charge on any atom is -0.349 e. The van der Waals surface area contributed by atoms with E-state index in [1.807, 2.05) is 11.4 Å². The molecule has 0 aliphatic rings. The van der Waals surface area contributed by atoms with Gasteiger partial charge in [-0.25, -0.2) is 4.98 Å². The monoisotopic (exact) mass is 251 g/mol. The van der Waals surface area contributed by atoms with Crippen molar-refractivity contribution in [2.45, 2.75) is 13.0 Å². The quantitative estimate of drug-likeness (QED) is 0.815. The molecule has 2 rings (SSSR count). The maximum atomic E-state index is 12.0. The lowest BCUT2D eigenvalue weighted by Gasteiger charge is -2.10. The first-order valence-electron chi connectivity index (χ1n) is 5.22. The van der Waals surface area contributed by atoms with Gasteiger partial charge in [-0.05, 0) is 11.4 Å². The molecule has 17 heavy (non-hydrogen) atoms. The molecular weight excluding hydrogens is 238 g/mol. The zero-order chi connectivity index (χ0) is 12.4. The Morgan fingerprint density at radius 3 is 3.00 bits per heavy atom. The fourth-order valence-electron chi connectivity index (χ4n) is 1.48. The highest BCUT2D eigenvalue weighted by Gasteiger charge is 2.08. The number of nitrogens with zero attached hydrogens (tertiary/aromatic N) is 3. The average Bonchev–Trinajstić information content (AvgIpc) is 2.76. The van der Waals surface area contributed by atoms with E-state index >= 15 is 0 Å². The number of hydrogen-bond donors (Lipinski definition) is 0. The van der Waals surface area contributed by atoms with Crippen LogP contribution in [0.3, 0.4) is 0 Å². The summed E-state index contributed by atoms with van der Waals surface area (Å²) in [7, 11) is 3.40. The van der Waals surface area contributed by atoms with Crippen molar-refractivity contribution >= 4 is 27.5 Å². The van der Waals surface area contributed by atoms with Crippen LogP contribution in [0.5, 0.6) is 0 Å². The number of carbonyl (C=O) groups is 1. The molecule has 2 aromatic rings. The van der Waals surface area contributed by atoms with E-state index < -0.39 is 0 Å². The maximum Gasteiger partial charge on any atom is 0.271 e. The van der Waals surface area contributed by atoms with Crippen molar-refractivity contribution in [1.82, 2.24) is 14.5 Å². The number of aromatic nitrogens is 2. The molecule has 0 atom stereocenters. The van der Waals surface area contributed by atoms with Gasteiger partial charge in [0, 0.05) is 27.1 Å². The van der Waals surface area contributed by atoms with E-state index in [4.69, 9.17) is 0 Å². The third kappa shape index (κ3) is 2.36.